The van der Waals surface area contributed by atoms with Gasteiger partial charge in [-0.25, -0.2) is 0 Å². The van der Waals surface area contributed by atoms with Crippen LogP contribution in [-0.2, 0) is 6.42 Å². The van der Waals surface area contributed by atoms with Crippen molar-refractivity contribution in [2.45, 2.75) is 6.42 Å². The van der Waals surface area contributed by atoms with Crippen LogP contribution in [0.15, 0.2) is 42.7 Å². The molecule has 0 bridgehead atoms. The summed E-state index contributed by atoms with van der Waals surface area (Å²) in [7, 11) is 0. The van der Waals surface area contributed by atoms with E-state index in [1.807, 2.05) is 24.5 Å². The van der Waals surface area contributed by atoms with Crippen molar-refractivity contribution in [1.29, 1.82) is 0 Å². The Bertz CT molecular complexity index is 672. The number of benzene rings is 1. The lowest BCUT2D eigenvalue weighted by molar-refractivity contribution is 0.924. The van der Waals surface area contributed by atoms with Crippen molar-refractivity contribution in [1.82, 2.24) is 15.2 Å². The van der Waals surface area contributed by atoms with Gasteiger partial charge in [0, 0.05) is 23.7 Å². The lowest BCUT2D eigenvalue weighted by atomic mass is 10.0. The zero-order chi connectivity index (χ0) is 12.4. The van der Waals surface area contributed by atoms with Crippen molar-refractivity contribution in [3.63, 3.8) is 0 Å². The number of hydrogen-bond donors (Lipinski definition) is 2. The molecule has 18 heavy (non-hydrogen) atoms. The van der Waals surface area contributed by atoms with Crippen LogP contribution in [0.5, 0.6) is 0 Å². The molecule has 0 radical (unpaired) electrons. The number of pyridine rings is 1. The predicted octanol–water partition coefficient (Wildman–Crippen LogP) is 2.13. The van der Waals surface area contributed by atoms with Crippen molar-refractivity contribution < 1.29 is 0 Å². The molecule has 0 amide bonds. The predicted molar refractivity (Wildman–Crippen MR) is 72.1 cm³/mol. The van der Waals surface area contributed by atoms with Gasteiger partial charge in [-0.2, -0.15) is 5.10 Å². The van der Waals surface area contributed by atoms with Crippen molar-refractivity contribution >= 4 is 10.9 Å². The number of nitrogens with one attached hydrogen (secondary N) is 1. The Kier molecular flexibility index (Phi) is 2.78. The summed E-state index contributed by atoms with van der Waals surface area (Å²) in [4.78, 5) is 4.31. The first kappa shape index (κ1) is 10.9. The van der Waals surface area contributed by atoms with E-state index in [-0.39, 0.29) is 0 Å². The Morgan fingerprint density at radius 3 is 2.89 bits per heavy atom. The van der Waals surface area contributed by atoms with Crippen molar-refractivity contribution in [3.05, 3.63) is 48.4 Å². The van der Waals surface area contributed by atoms with E-state index in [4.69, 9.17) is 5.73 Å². The summed E-state index contributed by atoms with van der Waals surface area (Å²) in [6, 6.07) is 10.4. The minimum atomic E-state index is 0.622. The fourth-order valence-corrected chi connectivity index (χ4v) is 2.06. The Hall–Kier alpha value is -2.20. The van der Waals surface area contributed by atoms with Crippen LogP contribution in [0.3, 0.4) is 0 Å². The standard InChI is InChI=1S/C14H14N4/c15-5-3-13-8-11(4-6-16-13)10-1-2-14-12(7-10)9-17-18-14/h1-2,4,6-9H,3,5,15H2,(H,17,18). The largest absolute Gasteiger partial charge is 0.330 e. The van der Waals surface area contributed by atoms with Crippen LogP contribution in [-0.4, -0.2) is 21.7 Å². The molecule has 90 valence electrons. The van der Waals surface area contributed by atoms with Gasteiger partial charge in [0.15, 0.2) is 0 Å². The fourth-order valence-electron chi connectivity index (χ4n) is 2.06. The molecule has 1 aromatic carbocycles. The quantitative estimate of drug-likeness (QED) is 0.734. The summed E-state index contributed by atoms with van der Waals surface area (Å²) in [5.41, 5.74) is 9.97. The highest BCUT2D eigenvalue weighted by atomic mass is 15.1. The van der Waals surface area contributed by atoms with E-state index in [1.54, 1.807) is 0 Å². The van der Waals surface area contributed by atoms with E-state index in [9.17, 15) is 0 Å². The van der Waals surface area contributed by atoms with Crippen LogP contribution >= 0.6 is 0 Å². The second-order valence-electron chi connectivity index (χ2n) is 4.25. The smallest absolute Gasteiger partial charge is 0.0650 e. The first-order valence-corrected chi connectivity index (χ1v) is 5.95. The Balaban J connectivity index is 2.04. The molecular weight excluding hydrogens is 224 g/mol. The van der Waals surface area contributed by atoms with Crippen LogP contribution in [0.25, 0.3) is 22.0 Å². The van der Waals surface area contributed by atoms with Gasteiger partial charge in [-0.3, -0.25) is 10.1 Å². The maximum Gasteiger partial charge on any atom is 0.0650 e. The molecule has 0 saturated carbocycles. The zero-order valence-electron chi connectivity index (χ0n) is 9.93. The minimum absolute atomic E-state index is 0.622. The van der Waals surface area contributed by atoms with Crippen LogP contribution in [0, 0.1) is 0 Å². The highest BCUT2D eigenvalue weighted by Gasteiger charge is 2.02. The average Bonchev–Trinajstić information content (AvgIpc) is 2.86. The molecule has 4 heteroatoms. The number of aromatic nitrogens is 3. The normalized spacial score (nSPS) is 10.9. The number of H-pyrrole nitrogens is 1. The molecule has 2 aromatic heterocycles. The lowest BCUT2D eigenvalue weighted by Gasteiger charge is -2.04. The van der Waals surface area contributed by atoms with Crippen LogP contribution < -0.4 is 5.73 Å². The van der Waals surface area contributed by atoms with Gasteiger partial charge in [-0.15, -0.1) is 0 Å². The molecule has 3 aromatic rings. The van der Waals surface area contributed by atoms with Gasteiger partial charge in [0.2, 0.25) is 0 Å². The van der Waals surface area contributed by atoms with E-state index < -0.39 is 0 Å². The summed E-state index contributed by atoms with van der Waals surface area (Å²) < 4.78 is 0. The maximum absolute atomic E-state index is 5.56. The minimum Gasteiger partial charge on any atom is -0.330 e. The topological polar surface area (TPSA) is 67.6 Å². The number of nitrogens with two attached hydrogens (primary N) is 1. The van der Waals surface area contributed by atoms with Gasteiger partial charge < -0.3 is 5.73 Å². The first-order chi connectivity index (χ1) is 8.86. The SMILES string of the molecule is NCCc1cc(-c2ccc3[nH]ncc3c2)ccn1. The molecule has 0 fully saturated rings. The third-order valence-electron chi connectivity index (χ3n) is 2.99. The molecule has 0 aliphatic carbocycles. The summed E-state index contributed by atoms with van der Waals surface area (Å²) in [5, 5.41) is 8.10. The van der Waals surface area contributed by atoms with E-state index in [1.165, 1.54) is 5.56 Å². The van der Waals surface area contributed by atoms with Gasteiger partial charge in [-0.05, 0) is 41.9 Å². The van der Waals surface area contributed by atoms with Crippen LogP contribution in [0.1, 0.15) is 5.69 Å². The van der Waals surface area contributed by atoms with Gasteiger partial charge in [0.25, 0.3) is 0 Å². The number of nitrogens with zero attached hydrogens (tertiary/aromatic N) is 2. The van der Waals surface area contributed by atoms with Gasteiger partial charge in [0.05, 0.1) is 11.7 Å². The number of hydrogen-bond acceptors (Lipinski definition) is 3. The van der Waals surface area contributed by atoms with Crippen LogP contribution in [0.2, 0.25) is 0 Å². The highest BCUT2D eigenvalue weighted by molar-refractivity contribution is 5.83. The average molecular weight is 238 g/mol. The lowest BCUT2D eigenvalue weighted by Crippen LogP contribution is -2.04. The Morgan fingerprint density at radius 2 is 2.00 bits per heavy atom. The Labute approximate surface area is 105 Å². The molecule has 0 unspecified atom stereocenters. The van der Waals surface area contributed by atoms with Crippen molar-refractivity contribution in [3.8, 4) is 11.1 Å². The summed E-state index contributed by atoms with van der Waals surface area (Å²) >= 11 is 0. The first-order valence-electron chi connectivity index (χ1n) is 5.95. The molecule has 0 spiro atoms. The molecule has 0 atom stereocenters. The number of rotatable bonds is 3. The molecule has 0 aliphatic rings. The van der Waals surface area contributed by atoms with Crippen molar-refractivity contribution in [2.24, 2.45) is 5.73 Å². The van der Waals surface area contributed by atoms with E-state index in [0.29, 0.717) is 6.54 Å². The highest BCUT2D eigenvalue weighted by Crippen LogP contribution is 2.23. The Morgan fingerprint density at radius 1 is 1.11 bits per heavy atom. The van der Waals surface area contributed by atoms with E-state index in [0.717, 1.165) is 28.6 Å². The van der Waals surface area contributed by atoms with E-state index >= 15 is 0 Å². The monoisotopic (exact) mass is 238 g/mol. The molecule has 3 rings (SSSR count). The third kappa shape index (κ3) is 1.98. The number of aromatic amines is 1. The molecule has 0 saturated heterocycles. The van der Waals surface area contributed by atoms with Crippen molar-refractivity contribution in [2.75, 3.05) is 6.54 Å². The van der Waals surface area contributed by atoms with E-state index in [2.05, 4.69) is 33.4 Å². The van der Waals surface area contributed by atoms with Crippen LogP contribution in [0.4, 0.5) is 0 Å². The zero-order valence-corrected chi connectivity index (χ0v) is 9.93. The van der Waals surface area contributed by atoms with Gasteiger partial charge in [-0.1, -0.05) is 6.07 Å². The molecule has 2 heterocycles. The molecule has 3 N–H and O–H groups in total. The molecular formula is C14H14N4. The third-order valence-corrected chi connectivity index (χ3v) is 2.99. The van der Waals surface area contributed by atoms with Gasteiger partial charge >= 0.3 is 0 Å². The second-order valence-corrected chi connectivity index (χ2v) is 4.25. The fraction of sp³-hybridized carbons (Fsp3) is 0.143. The maximum atomic E-state index is 5.56. The summed E-state index contributed by atoms with van der Waals surface area (Å²) in [5.74, 6) is 0. The molecule has 0 aliphatic heterocycles. The second kappa shape index (κ2) is 4.58. The molecule has 4 nitrogen and oxygen atoms in total. The summed E-state index contributed by atoms with van der Waals surface area (Å²) in [6.07, 6.45) is 4.47. The summed E-state index contributed by atoms with van der Waals surface area (Å²) in [6.45, 7) is 0.622. The number of fused-ring (bicyclic) bond motifs is 1. The van der Waals surface area contributed by atoms with Gasteiger partial charge in [0.1, 0.15) is 0 Å².